The zero-order chi connectivity index (χ0) is 33.2. The third-order valence-corrected chi connectivity index (χ3v) is 8.64. The largest absolute Gasteiger partial charge is 0.492 e. The fraction of sp³-hybridized carbons (Fsp3) is 0.250. The number of ether oxygens (including phenoxy) is 4. The minimum atomic E-state index is -0.697. The Morgan fingerprint density at radius 2 is 1.77 bits per heavy atom. The second-order valence-electron chi connectivity index (χ2n) is 11.5. The van der Waals surface area contributed by atoms with Crippen molar-refractivity contribution < 1.29 is 32.5 Å². The molecule has 7 rings (SSSR count). The summed E-state index contributed by atoms with van der Waals surface area (Å²) in [5, 5.41) is 0.934. The second-order valence-corrected chi connectivity index (χ2v) is 11.9. The molecule has 1 fully saturated rings. The van der Waals surface area contributed by atoms with Gasteiger partial charge in [-0.1, -0.05) is 17.7 Å². The summed E-state index contributed by atoms with van der Waals surface area (Å²) in [6, 6.07) is 14.6. The molecule has 4 heterocycles. The van der Waals surface area contributed by atoms with Gasteiger partial charge >= 0.3 is 0 Å². The van der Waals surface area contributed by atoms with Gasteiger partial charge in [-0.2, -0.15) is 0 Å². The lowest BCUT2D eigenvalue weighted by molar-refractivity contribution is 0.0322. The van der Waals surface area contributed by atoms with E-state index in [1.54, 1.807) is 36.7 Å². The number of fused-ring (bicyclic) bond motifs is 2. The van der Waals surface area contributed by atoms with Crippen molar-refractivity contribution in [2.45, 2.75) is 12.8 Å². The standard InChI is InChI=1S/C36H30ClF2N3O6/c37-27-19-26-29(20-33(27)46-16-12-41-10-14-45-15-11-41)40-9-7-31(26)48-32-6-1-22(17-28(32)39)18-30(43)34-35-23(8-13-47-35)21-42(36(34)44)25-4-2-24(38)3-5-25/h1-7,9,17,19-21H,8,10-16,18H2. The predicted octanol–water partition coefficient (Wildman–Crippen LogP) is 6.18. The highest BCUT2D eigenvalue weighted by atomic mass is 35.5. The summed E-state index contributed by atoms with van der Waals surface area (Å²) in [6.45, 7) is 4.64. The summed E-state index contributed by atoms with van der Waals surface area (Å²) < 4.78 is 53.2. The SMILES string of the molecule is O=C(Cc1ccc(Oc2ccnc3cc(OCCN4CCOCC4)c(Cl)cc23)c(F)c1)c1c2c(cn(-c3ccc(F)cc3)c1=O)CCO2. The van der Waals surface area contributed by atoms with Gasteiger partial charge in [-0.15, -0.1) is 0 Å². The number of aromatic nitrogens is 2. The fourth-order valence-electron chi connectivity index (χ4n) is 5.86. The van der Waals surface area contributed by atoms with Gasteiger partial charge in [0.15, 0.2) is 17.3 Å². The van der Waals surface area contributed by atoms with E-state index in [2.05, 4.69) is 9.88 Å². The number of hydrogen-bond donors (Lipinski definition) is 0. The monoisotopic (exact) mass is 673 g/mol. The Morgan fingerprint density at radius 3 is 2.56 bits per heavy atom. The van der Waals surface area contributed by atoms with Crippen LogP contribution < -0.4 is 19.8 Å². The van der Waals surface area contributed by atoms with Gasteiger partial charge in [-0.25, -0.2) is 8.78 Å². The number of rotatable bonds is 10. The quantitative estimate of drug-likeness (QED) is 0.162. The van der Waals surface area contributed by atoms with E-state index in [1.807, 2.05) is 0 Å². The number of halogens is 3. The van der Waals surface area contributed by atoms with Crippen molar-refractivity contribution in [2.24, 2.45) is 0 Å². The summed E-state index contributed by atoms with van der Waals surface area (Å²) in [5.41, 5.74) is 1.28. The molecule has 2 aromatic heterocycles. The van der Waals surface area contributed by atoms with E-state index in [0.29, 0.717) is 77.1 Å². The summed E-state index contributed by atoms with van der Waals surface area (Å²) >= 11 is 6.55. The van der Waals surface area contributed by atoms with Gasteiger partial charge in [0, 0.05) is 67.6 Å². The van der Waals surface area contributed by atoms with E-state index >= 15 is 4.39 Å². The topological polar surface area (TPSA) is 92.1 Å². The highest BCUT2D eigenvalue weighted by Crippen LogP contribution is 2.36. The lowest BCUT2D eigenvalue weighted by atomic mass is 10.0. The molecule has 3 aromatic carbocycles. The summed E-state index contributed by atoms with van der Waals surface area (Å²) in [6.07, 6.45) is 3.41. The van der Waals surface area contributed by atoms with E-state index < -0.39 is 23.0 Å². The average molecular weight is 674 g/mol. The number of morpholine rings is 1. The molecule has 0 bridgehead atoms. The van der Waals surface area contributed by atoms with Crippen molar-refractivity contribution in [1.82, 2.24) is 14.5 Å². The molecular formula is C36H30ClF2N3O6. The Labute approximate surface area is 279 Å². The zero-order valence-corrected chi connectivity index (χ0v) is 26.5. The molecule has 2 aliphatic heterocycles. The maximum absolute atomic E-state index is 15.4. The Bertz CT molecular complexity index is 2060. The molecule has 12 heteroatoms. The van der Waals surface area contributed by atoms with E-state index in [4.69, 9.17) is 30.5 Å². The van der Waals surface area contributed by atoms with Gasteiger partial charge in [-0.3, -0.25) is 24.0 Å². The van der Waals surface area contributed by atoms with Crippen LogP contribution in [0.15, 0.2) is 77.9 Å². The summed E-state index contributed by atoms with van der Waals surface area (Å²) in [4.78, 5) is 33.7. The van der Waals surface area contributed by atoms with Crippen LogP contribution in [0, 0.1) is 11.6 Å². The van der Waals surface area contributed by atoms with Crippen LogP contribution in [-0.4, -0.2) is 66.3 Å². The molecule has 1 saturated heterocycles. The van der Waals surface area contributed by atoms with E-state index in [-0.39, 0.29) is 23.5 Å². The van der Waals surface area contributed by atoms with Gasteiger partial charge < -0.3 is 18.9 Å². The Balaban J connectivity index is 1.08. The maximum atomic E-state index is 15.4. The van der Waals surface area contributed by atoms with Crippen LogP contribution in [0.1, 0.15) is 21.5 Å². The van der Waals surface area contributed by atoms with Gasteiger partial charge in [-0.05, 0) is 54.1 Å². The van der Waals surface area contributed by atoms with Gasteiger partial charge in [0.2, 0.25) is 0 Å². The van der Waals surface area contributed by atoms with Gasteiger partial charge in [0.05, 0.1) is 30.4 Å². The molecule has 5 aromatic rings. The molecule has 0 aliphatic carbocycles. The van der Waals surface area contributed by atoms with E-state index in [1.165, 1.54) is 41.0 Å². The molecule has 0 amide bonds. The summed E-state index contributed by atoms with van der Waals surface area (Å²) in [7, 11) is 0. The number of pyridine rings is 2. The fourth-order valence-corrected chi connectivity index (χ4v) is 6.08. The van der Waals surface area contributed by atoms with Gasteiger partial charge in [0.25, 0.3) is 5.56 Å². The minimum Gasteiger partial charge on any atom is -0.492 e. The van der Waals surface area contributed by atoms with E-state index in [0.717, 1.165) is 19.6 Å². The Morgan fingerprint density at radius 1 is 0.958 bits per heavy atom. The van der Waals surface area contributed by atoms with Crippen LogP contribution in [0.3, 0.4) is 0 Å². The first-order chi connectivity index (χ1) is 23.3. The third kappa shape index (κ3) is 6.62. The zero-order valence-electron chi connectivity index (χ0n) is 25.7. The van der Waals surface area contributed by atoms with Crippen molar-refractivity contribution in [2.75, 3.05) is 46.1 Å². The highest BCUT2D eigenvalue weighted by Gasteiger charge is 2.27. The van der Waals surface area contributed by atoms with E-state index in [9.17, 15) is 14.0 Å². The van der Waals surface area contributed by atoms with Crippen LogP contribution in [0.2, 0.25) is 5.02 Å². The van der Waals surface area contributed by atoms with Crippen LogP contribution in [0.5, 0.6) is 23.0 Å². The van der Waals surface area contributed by atoms with Crippen LogP contribution in [-0.2, 0) is 17.6 Å². The number of hydrogen-bond acceptors (Lipinski definition) is 8. The molecule has 0 N–H and O–H groups in total. The molecule has 0 spiro atoms. The first-order valence-corrected chi connectivity index (χ1v) is 15.9. The van der Waals surface area contributed by atoms with Crippen LogP contribution in [0.4, 0.5) is 8.78 Å². The number of Topliss-reactive ketones (excluding diaryl/α,β-unsaturated/α-hetero) is 1. The van der Waals surface area contributed by atoms with Crippen LogP contribution in [0.25, 0.3) is 16.6 Å². The number of ketones is 1. The number of benzene rings is 3. The molecule has 9 nitrogen and oxygen atoms in total. The molecule has 0 atom stereocenters. The molecule has 48 heavy (non-hydrogen) atoms. The molecule has 0 unspecified atom stereocenters. The number of carbonyl (C=O) groups excluding carboxylic acids is 1. The molecule has 246 valence electrons. The highest BCUT2D eigenvalue weighted by molar-refractivity contribution is 6.33. The van der Waals surface area contributed by atoms with Crippen molar-refractivity contribution >= 4 is 28.3 Å². The first-order valence-electron chi connectivity index (χ1n) is 15.5. The van der Waals surface area contributed by atoms with Crippen molar-refractivity contribution in [3.8, 4) is 28.7 Å². The summed E-state index contributed by atoms with van der Waals surface area (Å²) in [5.74, 6) is -0.680. The Kier molecular flexibility index (Phi) is 9.07. The smallest absolute Gasteiger partial charge is 0.269 e. The predicted molar refractivity (Wildman–Crippen MR) is 175 cm³/mol. The molecule has 0 radical (unpaired) electrons. The first kappa shape index (κ1) is 31.7. The lowest BCUT2D eigenvalue weighted by Crippen LogP contribution is -2.38. The number of nitrogens with zero attached hydrogens (tertiary/aromatic N) is 3. The normalized spacial score (nSPS) is 14.5. The Hall–Kier alpha value is -4.84. The van der Waals surface area contributed by atoms with Crippen molar-refractivity contribution in [3.05, 3.63) is 117 Å². The van der Waals surface area contributed by atoms with Crippen LogP contribution >= 0.6 is 11.6 Å². The van der Waals surface area contributed by atoms with Crippen molar-refractivity contribution in [3.63, 3.8) is 0 Å². The third-order valence-electron chi connectivity index (χ3n) is 8.34. The van der Waals surface area contributed by atoms with Crippen molar-refractivity contribution in [1.29, 1.82) is 0 Å². The molecule has 0 saturated carbocycles. The van der Waals surface area contributed by atoms with Gasteiger partial charge in [0.1, 0.15) is 35.2 Å². The number of carbonyl (C=O) groups is 1. The molecule has 2 aliphatic rings. The average Bonchev–Trinajstić information content (AvgIpc) is 3.55. The molecular weight excluding hydrogens is 644 g/mol. The minimum absolute atomic E-state index is 0.0664. The maximum Gasteiger partial charge on any atom is 0.269 e. The second kappa shape index (κ2) is 13.7. The lowest BCUT2D eigenvalue weighted by Gasteiger charge is -2.26.